The van der Waals surface area contributed by atoms with E-state index in [0.717, 1.165) is 18.2 Å². The Labute approximate surface area is 99.0 Å². The highest BCUT2D eigenvalue weighted by Gasteiger charge is 2.05. The summed E-state index contributed by atoms with van der Waals surface area (Å²) in [5.41, 5.74) is 5.73. The van der Waals surface area contributed by atoms with Crippen LogP contribution in [-0.2, 0) is 0 Å². The van der Waals surface area contributed by atoms with Gasteiger partial charge < -0.3 is 5.73 Å². The van der Waals surface area contributed by atoms with Gasteiger partial charge in [0.1, 0.15) is 0 Å². The molecule has 86 valence electrons. The van der Waals surface area contributed by atoms with E-state index in [2.05, 4.69) is 31.3 Å². The van der Waals surface area contributed by atoms with Crippen LogP contribution in [-0.4, -0.2) is 23.8 Å². The molecule has 0 fully saturated rings. The lowest BCUT2D eigenvalue weighted by molar-refractivity contribution is 0.523. The summed E-state index contributed by atoms with van der Waals surface area (Å²) in [6.07, 6.45) is 6.49. The van der Waals surface area contributed by atoms with Crippen molar-refractivity contribution in [1.82, 2.24) is 0 Å². The molecule has 0 saturated carbocycles. The molecular formula is C11H25NS2. The van der Waals surface area contributed by atoms with Gasteiger partial charge in [0.05, 0.1) is 0 Å². The zero-order valence-electron chi connectivity index (χ0n) is 9.37. The third-order valence-electron chi connectivity index (χ3n) is 2.35. The highest BCUT2D eigenvalue weighted by Crippen LogP contribution is 2.15. The van der Waals surface area contributed by atoms with Crippen molar-refractivity contribution < 1.29 is 0 Å². The molecule has 0 aliphatic rings. The average Bonchev–Trinajstić information content (AvgIpc) is 2.22. The van der Waals surface area contributed by atoms with Crippen LogP contribution in [0.2, 0.25) is 0 Å². The molecule has 0 aromatic heterocycles. The second-order valence-corrected chi connectivity index (χ2v) is 5.35. The van der Waals surface area contributed by atoms with E-state index in [4.69, 9.17) is 5.73 Å². The second kappa shape index (κ2) is 11.7. The van der Waals surface area contributed by atoms with Gasteiger partial charge in [-0.3, -0.25) is 0 Å². The Morgan fingerprint density at radius 3 is 2.64 bits per heavy atom. The van der Waals surface area contributed by atoms with Crippen molar-refractivity contribution in [3.8, 4) is 0 Å². The van der Waals surface area contributed by atoms with Crippen LogP contribution in [0.5, 0.6) is 0 Å². The smallest absolute Gasteiger partial charge is 0.00271 e. The van der Waals surface area contributed by atoms with Crippen molar-refractivity contribution in [2.75, 3.05) is 23.8 Å². The van der Waals surface area contributed by atoms with Crippen LogP contribution in [0.15, 0.2) is 0 Å². The zero-order chi connectivity index (χ0) is 10.6. The molecule has 0 aliphatic carbocycles. The van der Waals surface area contributed by atoms with Crippen LogP contribution in [0, 0.1) is 5.92 Å². The highest BCUT2D eigenvalue weighted by molar-refractivity contribution is 7.99. The van der Waals surface area contributed by atoms with Crippen molar-refractivity contribution in [3.05, 3.63) is 0 Å². The quantitative estimate of drug-likeness (QED) is 0.449. The summed E-state index contributed by atoms with van der Waals surface area (Å²) < 4.78 is 0. The number of hydrogen-bond acceptors (Lipinski definition) is 3. The van der Waals surface area contributed by atoms with E-state index in [1.807, 2.05) is 0 Å². The van der Waals surface area contributed by atoms with Crippen LogP contribution in [0.4, 0.5) is 0 Å². The molecule has 1 nitrogen and oxygen atoms in total. The van der Waals surface area contributed by atoms with Crippen LogP contribution in [0.1, 0.15) is 39.0 Å². The Kier molecular flexibility index (Phi) is 12.3. The predicted molar refractivity (Wildman–Crippen MR) is 72.5 cm³/mol. The molecule has 0 aromatic rings. The van der Waals surface area contributed by atoms with E-state index in [1.54, 1.807) is 0 Å². The fraction of sp³-hybridized carbons (Fsp3) is 1.00. The molecule has 3 heteroatoms. The minimum atomic E-state index is 0.746. The monoisotopic (exact) mass is 235 g/mol. The highest BCUT2D eigenvalue weighted by atomic mass is 32.2. The third kappa shape index (κ3) is 9.22. The summed E-state index contributed by atoms with van der Waals surface area (Å²) in [6, 6.07) is 0. The van der Waals surface area contributed by atoms with Gasteiger partial charge in [-0.25, -0.2) is 0 Å². The molecule has 0 aliphatic heterocycles. The van der Waals surface area contributed by atoms with Crippen molar-refractivity contribution >= 4 is 24.4 Å². The number of hydrogen-bond donors (Lipinski definition) is 2. The molecule has 0 saturated heterocycles. The molecule has 0 spiro atoms. The van der Waals surface area contributed by atoms with Gasteiger partial charge in [-0.2, -0.15) is 24.4 Å². The molecular weight excluding hydrogens is 210 g/mol. The summed E-state index contributed by atoms with van der Waals surface area (Å²) in [6.45, 7) is 3.10. The number of rotatable bonds is 10. The van der Waals surface area contributed by atoms with Crippen LogP contribution in [0.3, 0.4) is 0 Å². The van der Waals surface area contributed by atoms with Gasteiger partial charge in [-0.05, 0) is 49.0 Å². The Balaban J connectivity index is 3.24. The molecule has 0 radical (unpaired) electrons. The molecule has 0 heterocycles. The Morgan fingerprint density at radius 2 is 2.07 bits per heavy atom. The maximum Gasteiger partial charge on any atom is -0.00271 e. The van der Waals surface area contributed by atoms with Gasteiger partial charge in [0.2, 0.25) is 0 Å². The summed E-state index contributed by atoms with van der Waals surface area (Å²) in [5, 5.41) is 0. The largest absolute Gasteiger partial charge is 0.330 e. The van der Waals surface area contributed by atoms with E-state index < -0.39 is 0 Å². The topological polar surface area (TPSA) is 26.0 Å². The summed E-state index contributed by atoms with van der Waals surface area (Å²) in [7, 11) is 0. The lowest BCUT2D eigenvalue weighted by Crippen LogP contribution is -2.16. The molecule has 14 heavy (non-hydrogen) atoms. The van der Waals surface area contributed by atoms with Crippen LogP contribution >= 0.6 is 24.4 Å². The minimum absolute atomic E-state index is 0.746. The first kappa shape index (κ1) is 14.7. The van der Waals surface area contributed by atoms with Gasteiger partial charge in [-0.1, -0.05) is 19.8 Å². The molecule has 0 rings (SSSR count). The third-order valence-corrected chi connectivity index (χ3v) is 3.95. The Hall–Kier alpha value is 0.660. The zero-order valence-corrected chi connectivity index (χ0v) is 11.1. The number of nitrogens with two attached hydrogens (primary N) is 1. The van der Waals surface area contributed by atoms with Gasteiger partial charge in [0, 0.05) is 0 Å². The molecule has 0 aromatic carbocycles. The van der Waals surface area contributed by atoms with Gasteiger partial charge in [-0.15, -0.1) is 0 Å². The number of unbranched alkanes of at least 4 members (excludes halogenated alkanes) is 2. The molecule has 2 N–H and O–H groups in total. The second-order valence-electron chi connectivity index (χ2n) is 3.75. The maximum atomic E-state index is 5.73. The van der Waals surface area contributed by atoms with Gasteiger partial charge in [0.15, 0.2) is 0 Å². The Morgan fingerprint density at radius 1 is 1.29 bits per heavy atom. The Bertz CT molecular complexity index is 109. The van der Waals surface area contributed by atoms with Crippen molar-refractivity contribution in [3.63, 3.8) is 0 Å². The van der Waals surface area contributed by atoms with Crippen molar-refractivity contribution in [1.29, 1.82) is 0 Å². The lowest BCUT2D eigenvalue weighted by Gasteiger charge is -2.13. The van der Waals surface area contributed by atoms with E-state index in [-0.39, 0.29) is 0 Å². The summed E-state index contributed by atoms with van der Waals surface area (Å²) >= 11 is 6.26. The SMILES string of the molecule is CCCCC(CN)CSCCCCS. The average molecular weight is 235 g/mol. The summed E-state index contributed by atoms with van der Waals surface area (Å²) in [5.74, 6) is 4.30. The predicted octanol–water partition coefficient (Wildman–Crippen LogP) is 3.19. The van der Waals surface area contributed by atoms with Gasteiger partial charge in [0.25, 0.3) is 0 Å². The molecule has 1 atom stereocenters. The van der Waals surface area contributed by atoms with E-state index in [0.29, 0.717) is 0 Å². The normalized spacial score (nSPS) is 13.1. The fourth-order valence-corrected chi connectivity index (χ4v) is 2.76. The first-order valence-electron chi connectivity index (χ1n) is 5.73. The fourth-order valence-electron chi connectivity index (χ4n) is 1.33. The van der Waals surface area contributed by atoms with Gasteiger partial charge >= 0.3 is 0 Å². The van der Waals surface area contributed by atoms with E-state index in [9.17, 15) is 0 Å². The van der Waals surface area contributed by atoms with E-state index >= 15 is 0 Å². The van der Waals surface area contributed by atoms with Crippen LogP contribution in [0.25, 0.3) is 0 Å². The molecule has 0 amide bonds. The molecule has 0 bridgehead atoms. The van der Waals surface area contributed by atoms with Crippen molar-refractivity contribution in [2.24, 2.45) is 11.7 Å². The van der Waals surface area contributed by atoms with Crippen molar-refractivity contribution in [2.45, 2.75) is 39.0 Å². The minimum Gasteiger partial charge on any atom is -0.330 e. The number of thioether (sulfide) groups is 1. The van der Waals surface area contributed by atoms with E-state index in [1.165, 1.54) is 43.6 Å². The standard InChI is InChI=1S/C11H25NS2/c1-2-3-6-11(9-12)10-14-8-5-4-7-13/h11,13H,2-10,12H2,1H3. The maximum absolute atomic E-state index is 5.73. The first-order chi connectivity index (χ1) is 6.85. The van der Waals surface area contributed by atoms with Crippen LogP contribution < -0.4 is 5.73 Å². The lowest BCUT2D eigenvalue weighted by atomic mass is 10.1. The molecule has 1 unspecified atom stereocenters. The number of thiol groups is 1. The first-order valence-corrected chi connectivity index (χ1v) is 7.52. The summed E-state index contributed by atoms with van der Waals surface area (Å²) in [4.78, 5) is 0.